The van der Waals surface area contributed by atoms with E-state index < -0.39 is 11.1 Å². The molecule has 0 aromatic heterocycles. The van der Waals surface area contributed by atoms with Gasteiger partial charge in [-0.15, -0.1) is 0 Å². The minimum atomic E-state index is -0.737. The van der Waals surface area contributed by atoms with Crippen molar-refractivity contribution >= 4 is 11.8 Å². The second-order valence-corrected chi connectivity index (χ2v) is 6.62. The molecule has 108 valence electrons. The molecule has 0 aromatic rings. The Kier molecular flexibility index (Phi) is 3.63. The van der Waals surface area contributed by atoms with E-state index >= 15 is 0 Å². The molecule has 1 aliphatic heterocycles. The van der Waals surface area contributed by atoms with Gasteiger partial charge >= 0.3 is 0 Å². The van der Waals surface area contributed by atoms with Gasteiger partial charge in [0, 0.05) is 6.04 Å². The fourth-order valence-corrected chi connectivity index (χ4v) is 3.63. The summed E-state index contributed by atoms with van der Waals surface area (Å²) in [5.41, 5.74) is -1.34. The first-order valence-electron chi connectivity index (χ1n) is 7.51. The number of nitrogens with one attached hydrogen (secondary N) is 1. The van der Waals surface area contributed by atoms with Crippen molar-refractivity contribution in [2.24, 2.45) is 0 Å². The molecule has 2 fully saturated rings. The first kappa shape index (κ1) is 14.4. The summed E-state index contributed by atoms with van der Waals surface area (Å²) in [6.45, 7) is 7.89. The maximum atomic E-state index is 12.9. The van der Waals surface area contributed by atoms with Crippen LogP contribution in [0.5, 0.6) is 0 Å². The second kappa shape index (κ2) is 4.80. The molecule has 2 aliphatic rings. The van der Waals surface area contributed by atoms with Crippen molar-refractivity contribution in [1.29, 1.82) is 0 Å². The zero-order chi connectivity index (χ0) is 14.3. The summed E-state index contributed by atoms with van der Waals surface area (Å²) >= 11 is 0. The van der Waals surface area contributed by atoms with E-state index in [1.54, 1.807) is 0 Å². The Morgan fingerprint density at radius 3 is 2.37 bits per heavy atom. The molecule has 4 heteroatoms. The molecule has 1 spiro atoms. The zero-order valence-electron chi connectivity index (χ0n) is 12.6. The molecule has 19 heavy (non-hydrogen) atoms. The molecule has 1 saturated carbocycles. The molecule has 4 nitrogen and oxygen atoms in total. The maximum absolute atomic E-state index is 12.9. The van der Waals surface area contributed by atoms with Gasteiger partial charge in [-0.1, -0.05) is 26.2 Å². The maximum Gasteiger partial charge on any atom is 0.249 e. The van der Waals surface area contributed by atoms with E-state index in [1.165, 1.54) is 0 Å². The topological polar surface area (TPSA) is 49.4 Å². The molecule has 0 bridgehead atoms. The van der Waals surface area contributed by atoms with Crippen LogP contribution in [0.25, 0.3) is 0 Å². The fraction of sp³-hybridized carbons (Fsp3) is 0.867. The number of piperazine rings is 1. The van der Waals surface area contributed by atoms with Crippen molar-refractivity contribution in [1.82, 2.24) is 10.2 Å². The molecule has 1 unspecified atom stereocenters. The van der Waals surface area contributed by atoms with Crippen LogP contribution in [0, 0.1) is 0 Å². The summed E-state index contributed by atoms with van der Waals surface area (Å²) in [5.74, 6) is 0.132. The van der Waals surface area contributed by atoms with Crippen molar-refractivity contribution in [2.75, 3.05) is 0 Å². The van der Waals surface area contributed by atoms with Crippen LogP contribution in [0.3, 0.4) is 0 Å². The number of carbonyl (C=O) groups excluding carboxylic acids is 2. The van der Waals surface area contributed by atoms with Crippen LogP contribution in [0.2, 0.25) is 0 Å². The van der Waals surface area contributed by atoms with Crippen LogP contribution in [0.1, 0.15) is 66.2 Å². The molecule has 1 heterocycles. The summed E-state index contributed by atoms with van der Waals surface area (Å²) < 4.78 is 0. The van der Waals surface area contributed by atoms with Crippen LogP contribution in [0.15, 0.2) is 0 Å². The van der Waals surface area contributed by atoms with Crippen LogP contribution in [0.4, 0.5) is 0 Å². The highest BCUT2D eigenvalue weighted by Crippen LogP contribution is 2.38. The van der Waals surface area contributed by atoms with E-state index in [1.807, 2.05) is 18.7 Å². The second-order valence-electron chi connectivity index (χ2n) is 6.62. The Bertz CT molecular complexity index is 384. The predicted molar refractivity (Wildman–Crippen MR) is 74.6 cm³/mol. The lowest BCUT2D eigenvalue weighted by molar-refractivity contribution is -0.164. The SMILES string of the molecule is CCCC(C)N1C(=O)C2(CCCC2)NC(=O)C1(C)C. The van der Waals surface area contributed by atoms with E-state index in [0.29, 0.717) is 0 Å². The van der Waals surface area contributed by atoms with E-state index in [9.17, 15) is 9.59 Å². The van der Waals surface area contributed by atoms with Gasteiger partial charge in [0.25, 0.3) is 0 Å². The number of hydrogen-bond donors (Lipinski definition) is 1. The number of hydrogen-bond acceptors (Lipinski definition) is 2. The quantitative estimate of drug-likeness (QED) is 0.851. The highest BCUT2D eigenvalue weighted by atomic mass is 16.2. The van der Waals surface area contributed by atoms with E-state index in [2.05, 4.69) is 19.2 Å². The van der Waals surface area contributed by atoms with Gasteiger partial charge in [-0.25, -0.2) is 0 Å². The lowest BCUT2D eigenvalue weighted by Crippen LogP contribution is -2.74. The van der Waals surface area contributed by atoms with Crippen molar-refractivity contribution < 1.29 is 9.59 Å². The Hall–Kier alpha value is -1.06. The first-order chi connectivity index (χ1) is 8.85. The molecule has 2 amide bonds. The average molecular weight is 266 g/mol. The van der Waals surface area contributed by atoms with Gasteiger partial charge < -0.3 is 10.2 Å². The number of rotatable bonds is 3. The minimum Gasteiger partial charge on any atom is -0.340 e. The zero-order valence-corrected chi connectivity index (χ0v) is 12.6. The predicted octanol–water partition coefficient (Wildman–Crippen LogP) is 2.22. The molecule has 0 radical (unpaired) electrons. The van der Waals surface area contributed by atoms with Crippen molar-refractivity contribution in [2.45, 2.75) is 83.3 Å². The van der Waals surface area contributed by atoms with Crippen LogP contribution < -0.4 is 5.32 Å². The van der Waals surface area contributed by atoms with Gasteiger partial charge in [0.05, 0.1) is 0 Å². The van der Waals surface area contributed by atoms with Crippen LogP contribution >= 0.6 is 0 Å². The molecule has 0 aromatic carbocycles. The molecule has 1 atom stereocenters. The van der Waals surface area contributed by atoms with Crippen molar-refractivity contribution in [3.63, 3.8) is 0 Å². The van der Waals surface area contributed by atoms with E-state index in [0.717, 1.165) is 38.5 Å². The third-order valence-electron chi connectivity index (χ3n) is 4.74. The van der Waals surface area contributed by atoms with Gasteiger partial charge in [0.1, 0.15) is 11.1 Å². The Morgan fingerprint density at radius 2 is 1.84 bits per heavy atom. The number of amides is 2. The third-order valence-corrected chi connectivity index (χ3v) is 4.74. The van der Waals surface area contributed by atoms with Gasteiger partial charge in [-0.3, -0.25) is 9.59 Å². The summed E-state index contributed by atoms with van der Waals surface area (Å²) in [6, 6.07) is 0.121. The summed E-state index contributed by atoms with van der Waals surface area (Å²) in [5, 5.41) is 3.03. The molecule has 1 N–H and O–H groups in total. The van der Waals surface area contributed by atoms with Gasteiger partial charge in [-0.05, 0) is 40.0 Å². The van der Waals surface area contributed by atoms with Gasteiger partial charge in [-0.2, -0.15) is 0 Å². The monoisotopic (exact) mass is 266 g/mol. The lowest BCUT2D eigenvalue weighted by Gasteiger charge is -2.51. The largest absolute Gasteiger partial charge is 0.340 e. The van der Waals surface area contributed by atoms with Crippen LogP contribution in [-0.2, 0) is 9.59 Å². The first-order valence-corrected chi connectivity index (χ1v) is 7.51. The van der Waals surface area contributed by atoms with Crippen molar-refractivity contribution in [3.8, 4) is 0 Å². The third kappa shape index (κ3) is 2.15. The highest BCUT2D eigenvalue weighted by molar-refractivity contribution is 6.02. The lowest BCUT2D eigenvalue weighted by atomic mass is 9.84. The van der Waals surface area contributed by atoms with Crippen molar-refractivity contribution in [3.05, 3.63) is 0 Å². The Morgan fingerprint density at radius 1 is 1.26 bits per heavy atom. The van der Waals surface area contributed by atoms with E-state index in [4.69, 9.17) is 0 Å². The van der Waals surface area contributed by atoms with Gasteiger partial charge in [0.15, 0.2) is 0 Å². The smallest absolute Gasteiger partial charge is 0.249 e. The standard InChI is InChI=1S/C15H26N2O2/c1-5-8-11(2)17-13(19)15(9-6-7-10-15)16-12(18)14(17,3)4/h11H,5-10H2,1-4H3,(H,16,18). The Labute approximate surface area is 115 Å². The molecular weight excluding hydrogens is 240 g/mol. The fourth-order valence-electron chi connectivity index (χ4n) is 3.63. The Balaban J connectivity index is 2.35. The summed E-state index contributed by atoms with van der Waals surface area (Å²) in [4.78, 5) is 27.2. The highest BCUT2D eigenvalue weighted by Gasteiger charge is 2.56. The van der Waals surface area contributed by atoms with Crippen LogP contribution in [-0.4, -0.2) is 33.8 Å². The minimum absolute atomic E-state index is 0.00282. The summed E-state index contributed by atoms with van der Waals surface area (Å²) in [6.07, 6.45) is 5.62. The molecular formula is C15H26N2O2. The average Bonchev–Trinajstić information content (AvgIpc) is 2.77. The number of nitrogens with zero attached hydrogens (tertiary/aromatic N) is 1. The normalized spacial score (nSPS) is 26.6. The molecule has 1 saturated heterocycles. The molecule has 1 aliphatic carbocycles. The number of carbonyl (C=O) groups is 2. The summed E-state index contributed by atoms with van der Waals surface area (Å²) in [7, 11) is 0. The van der Waals surface area contributed by atoms with E-state index in [-0.39, 0.29) is 17.9 Å². The van der Waals surface area contributed by atoms with Gasteiger partial charge in [0.2, 0.25) is 11.8 Å². The molecule has 2 rings (SSSR count).